The van der Waals surface area contributed by atoms with Gasteiger partial charge in [-0.1, -0.05) is 18.2 Å². The van der Waals surface area contributed by atoms with Gasteiger partial charge in [0.05, 0.1) is 18.6 Å². The number of aryl methyl sites for hydroxylation is 2. The summed E-state index contributed by atoms with van der Waals surface area (Å²) in [5, 5.41) is 7.62. The molecule has 3 heterocycles. The molecule has 1 atom stereocenters. The maximum absolute atomic E-state index is 12.4. The number of nitrogens with one attached hydrogen (secondary N) is 1. The van der Waals surface area contributed by atoms with E-state index in [0.717, 1.165) is 12.2 Å². The normalized spacial score (nSPS) is 16.4. The number of rotatable bonds is 4. The SMILES string of the molecule is Cn1ncc2c(=O)n(CCC(=O)N[C@@H]3CCSc4ccccc43)cnc21. The second-order valence-corrected chi connectivity index (χ2v) is 7.43. The first-order valence-corrected chi connectivity index (χ1v) is 9.50. The molecule has 7 nitrogen and oxygen atoms in total. The first-order valence-electron chi connectivity index (χ1n) is 8.52. The fourth-order valence-electron chi connectivity index (χ4n) is 3.21. The number of amides is 1. The van der Waals surface area contributed by atoms with Gasteiger partial charge in [0, 0.05) is 30.7 Å². The van der Waals surface area contributed by atoms with Crippen molar-refractivity contribution in [1.82, 2.24) is 24.6 Å². The summed E-state index contributed by atoms with van der Waals surface area (Å²) in [6, 6.07) is 8.21. The minimum absolute atomic E-state index is 0.0376. The monoisotopic (exact) mass is 369 g/mol. The third-order valence-electron chi connectivity index (χ3n) is 4.59. The van der Waals surface area contributed by atoms with E-state index in [2.05, 4.69) is 27.5 Å². The van der Waals surface area contributed by atoms with Crippen LogP contribution in [0.4, 0.5) is 0 Å². The number of hydrogen-bond acceptors (Lipinski definition) is 5. The number of carbonyl (C=O) groups excluding carboxylic acids is 1. The van der Waals surface area contributed by atoms with Crippen LogP contribution in [0.1, 0.15) is 24.4 Å². The average molecular weight is 369 g/mol. The van der Waals surface area contributed by atoms with E-state index in [1.807, 2.05) is 23.9 Å². The van der Waals surface area contributed by atoms with Crippen LogP contribution in [0.2, 0.25) is 0 Å². The molecule has 4 rings (SSSR count). The molecule has 1 amide bonds. The summed E-state index contributed by atoms with van der Waals surface area (Å²) in [5.41, 5.74) is 1.55. The van der Waals surface area contributed by atoms with Crippen molar-refractivity contribution >= 4 is 28.7 Å². The Kier molecular flexibility index (Phi) is 4.50. The molecule has 134 valence electrons. The molecule has 0 saturated carbocycles. The van der Waals surface area contributed by atoms with Gasteiger partial charge in [-0.2, -0.15) is 5.10 Å². The smallest absolute Gasteiger partial charge is 0.264 e. The molecule has 0 spiro atoms. The van der Waals surface area contributed by atoms with Crippen LogP contribution in [-0.4, -0.2) is 31.0 Å². The van der Waals surface area contributed by atoms with Crippen molar-refractivity contribution in [2.75, 3.05) is 5.75 Å². The molecular weight excluding hydrogens is 350 g/mol. The van der Waals surface area contributed by atoms with Gasteiger partial charge >= 0.3 is 0 Å². The van der Waals surface area contributed by atoms with Crippen molar-refractivity contribution in [3.63, 3.8) is 0 Å². The Morgan fingerprint density at radius 2 is 2.23 bits per heavy atom. The molecule has 8 heteroatoms. The fraction of sp³-hybridized carbons (Fsp3) is 0.333. The highest BCUT2D eigenvalue weighted by atomic mass is 32.2. The Bertz CT molecular complexity index is 1030. The Balaban J connectivity index is 1.44. The molecule has 1 aliphatic rings. The van der Waals surface area contributed by atoms with Gasteiger partial charge < -0.3 is 5.32 Å². The summed E-state index contributed by atoms with van der Waals surface area (Å²) < 4.78 is 3.03. The zero-order valence-corrected chi connectivity index (χ0v) is 15.2. The van der Waals surface area contributed by atoms with E-state index < -0.39 is 0 Å². The van der Waals surface area contributed by atoms with E-state index in [9.17, 15) is 9.59 Å². The number of benzene rings is 1. The van der Waals surface area contributed by atoms with Gasteiger partial charge in [0.2, 0.25) is 5.91 Å². The predicted molar refractivity (Wildman–Crippen MR) is 100 cm³/mol. The molecule has 0 unspecified atom stereocenters. The number of aromatic nitrogens is 4. The summed E-state index contributed by atoms with van der Waals surface area (Å²) in [6.07, 6.45) is 4.14. The predicted octanol–water partition coefficient (Wildman–Crippen LogP) is 1.87. The first-order chi connectivity index (χ1) is 12.6. The quantitative estimate of drug-likeness (QED) is 0.759. The average Bonchev–Trinajstić information content (AvgIpc) is 3.03. The van der Waals surface area contributed by atoms with Crippen molar-refractivity contribution in [3.05, 3.63) is 52.7 Å². The molecule has 1 aromatic carbocycles. The fourth-order valence-corrected chi connectivity index (χ4v) is 4.33. The van der Waals surface area contributed by atoms with E-state index in [0.29, 0.717) is 17.6 Å². The van der Waals surface area contributed by atoms with Gasteiger partial charge in [0.25, 0.3) is 5.56 Å². The van der Waals surface area contributed by atoms with Crippen molar-refractivity contribution in [1.29, 1.82) is 0 Å². The molecule has 3 aromatic rings. The number of fused-ring (bicyclic) bond motifs is 2. The molecule has 2 aromatic heterocycles. The summed E-state index contributed by atoms with van der Waals surface area (Å²) in [7, 11) is 1.74. The zero-order valence-electron chi connectivity index (χ0n) is 14.4. The minimum Gasteiger partial charge on any atom is -0.349 e. The zero-order chi connectivity index (χ0) is 18.1. The van der Waals surface area contributed by atoms with Crippen LogP contribution in [0, 0.1) is 0 Å². The van der Waals surface area contributed by atoms with Crippen molar-refractivity contribution in [2.45, 2.75) is 30.3 Å². The van der Waals surface area contributed by atoms with Crippen LogP contribution in [0.5, 0.6) is 0 Å². The highest BCUT2D eigenvalue weighted by Gasteiger charge is 2.21. The molecule has 26 heavy (non-hydrogen) atoms. The van der Waals surface area contributed by atoms with E-state index in [-0.39, 0.29) is 23.9 Å². The number of nitrogens with zero attached hydrogens (tertiary/aromatic N) is 4. The Morgan fingerprint density at radius 3 is 3.12 bits per heavy atom. The van der Waals surface area contributed by atoms with Crippen LogP contribution in [0.3, 0.4) is 0 Å². The van der Waals surface area contributed by atoms with Gasteiger partial charge in [-0.25, -0.2) is 4.98 Å². The highest BCUT2D eigenvalue weighted by Crippen LogP contribution is 2.35. The number of carbonyl (C=O) groups is 1. The third kappa shape index (κ3) is 3.12. The van der Waals surface area contributed by atoms with Crippen molar-refractivity contribution in [3.8, 4) is 0 Å². The lowest BCUT2D eigenvalue weighted by Gasteiger charge is -2.25. The van der Waals surface area contributed by atoms with E-state index in [4.69, 9.17) is 0 Å². The van der Waals surface area contributed by atoms with E-state index in [1.165, 1.54) is 27.6 Å². The first kappa shape index (κ1) is 16.8. The number of hydrogen-bond donors (Lipinski definition) is 1. The second-order valence-electron chi connectivity index (χ2n) is 6.29. The molecular formula is C18H19N5O2S. The third-order valence-corrected chi connectivity index (χ3v) is 5.71. The van der Waals surface area contributed by atoms with Crippen LogP contribution in [-0.2, 0) is 18.4 Å². The molecule has 0 aliphatic carbocycles. The van der Waals surface area contributed by atoms with Gasteiger partial charge in [-0.15, -0.1) is 11.8 Å². The topological polar surface area (TPSA) is 81.8 Å². The van der Waals surface area contributed by atoms with Gasteiger partial charge in [-0.3, -0.25) is 18.8 Å². The maximum atomic E-state index is 12.4. The van der Waals surface area contributed by atoms with Crippen LogP contribution >= 0.6 is 11.8 Å². The molecule has 0 bridgehead atoms. The lowest BCUT2D eigenvalue weighted by molar-refractivity contribution is -0.122. The minimum atomic E-state index is -0.171. The van der Waals surface area contributed by atoms with Crippen molar-refractivity contribution < 1.29 is 4.79 Å². The largest absolute Gasteiger partial charge is 0.349 e. The van der Waals surface area contributed by atoms with E-state index >= 15 is 0 Å². The molecule has 0 radical (unpaired) electrons. The van der Waals surface area contributed by atoms with Gasteiger partial charge in [0.15, 0.2) is 5.65 Å². The lowest BCUT2D eigenvalue weighted by atomic mass is 10.0. The summed E-state index contributed by atoms with van der Waals surface area (Å²) in [4.78, 5) is 30.3. The molecule has 1 N–H and O–H groups in total. The Labute approximate surface area is 154 Å². The van der Waals surface area contributed by atoms with Gasteiger partial charge in [0.1, 0.15) is 5.39 Å². The lowest BCUT2D eigenvalue weighted by Crippen LogP contribution is -2.32. The molecule has 0 fully saturated rings. The van der Waals surface area contributed by atoms with Crippen LogP contribution < -0.4 is 10.9 Å². The molecule has 1 aliphatic heterocycles. The summed E-state index contributed by atoms with van der Waals surface area (Å²) in [5.74, 6) is 0.929. The number of thioether (sulfide) groups is 1. The Hall–Kier alpha value is -2.61. The second kappa shape index (κ2) is 6.95. The van der Waals surface area contributed by atoms with Gasteiger partial charge in [-0.05, 0) is 18.1 Å². The standard InChI is InChI=1S/C18H19N5O2S/c1-22-17-13(10-20-22)18(25)23(11-19-17)8-6-16(24)21-14-7-9-26-15-5-3-2-4-12(14)15/h2-5,10-11,14H,6-9H2,1H3,(H,21,24)/t14-/m1/s1. The maximum Gasteiger partial charge on any atom is 0.264 e. The van der Waals surface area contributed by atoms with E-state index in [1.54, 1.807) is 11.7 Å². The molecule has 0 saturated heterocycles. The summed E-state index contributed by atoms with van der Waals surface area (Å²) >= 11 is 1.82. The Morgan fingerprint density at radius 1 is 1.38 bits per heavy atom. The van der Waals surface area contributed by atoms with Crippen molar-refractivity contribution in [2.24, 2.45) is 7.05 Å². The highest BCUT2D eigenvalue weighted by molar-refractivity contribution is 7.99. The summed E-state index contributed by atoms with van der Waals surface area (Å²) in [6.45, 7) is 0.297. The van der Waals surface area contributed by atoms with Crippen LogP contribution in [0.15, 0.2) is 46.5 Å². The van der Waals surface area contributed by atoms with Crippen LogP contribution in [0.25, 0.3) is 11.0 Å².